The van der Waals surface area contributed by atoms with Crippen LogP contribution in [0, 0.1) is 0 Å². The molecule has 0 amide bonds. The molecule has 5 heteroatoms. The Morgan fingerprint density at radius 3 is 2.52 bits per heavy atom. The Hall–Kier alpha value is -3.08. The van der Waals surface area contributed by atoms with Crippen molar-refractivity contribution in [3.63, 3.8) is 0 Å². The molecule has 0 fully saturated rings. The summed E-state index contributed by atoms with van der Waals surface area (Å²) in [6, 6.07) is 20.0. The number of aromatic nitrogens is 2. The van der Waals surface area contributed by atoms with Crippen LogP contribution in [0.2, 0.25) is 0 Å². The molecule has 0 aliphatic rings. The molecule has 0 saturated carbocycles. The first kappa shape index (κ1) is 16.8. The Morgan fingerprint density at radius 1 is 0.960 bits per heavy atom. The van der Waals surface area contributed by atoms with Crippen molar-refractivity contribution in [1.29, 1.82) is 0 Å². The van der Waals surface area contributed by atoms with Crippen LogP contribution in [0.25, 0.3) is 0 Å². The molecule has 0 radical (unpaired) electrons. The number of anilines is 3. The maximum absolute atomic E-state index is 5.16. The van der Waals surface area contributed by atoms with E-state index in [1.807, 2.05) is 36.4 Å². The van der Waals surface area contributed by atoms with E-state index in [1.54, 1.807) is 13.3 Å². The van der Waals surface area contributed by atoms with E-state index in [0.717, 1.165) is 36.6 Å². The average Bonchev–Trinajstić information content (AvgIpc) is 2.67. The maximum atomic E-state index is 5.16. The van der Waals surface area contributed by atoms with Gasteiger partial charge in [-0.2, -0.15) is 4.98 Å². The minimum Gasteiger partial charge on any atom is -0.497 e. The van der Waals surface area contributed by atoms with Crippen molar-refractivity contribution < 1.29 is 4.74 Å². The zero-order valence-electron chi connectivity index (χ0n) is 14.3. The molecule has 2 N–H and O–H groups in total. The highest BCUT2D eigenvalue weighted by atomic mass is 16.5. The van der Waals surface area contributed by atoms with Gasteiger partial charge in [-0.15, -0.1) is 0 Å². The molecule has 0 unspecified atom stereocenters. The van der Waals surface area contributed by atoms with Gasteiger partial charge in [0.25, 0.3) is 0 Å². The number of hydrogen-bond donors (Lipinski definition) is 2. The summed E-state index contributed by atoms with van der Waals surface area (Å²) >= 11 is 0. The summed E-state index contributed by atoms with van der Waals surface area (Å²) in [6.45, 7) is 0.834. The number of rotatable bonds is 8. The molecule has 0 bridgehead atoms. The largest absolute Gasteiger partial charge is 0.497 e. The van der Waals surface area contributed by atoms with Crippen molar-refractivity contribution >= 4 is 17.5 Å². The Bertz CT molecular complexity index is 775. The third-order valence-electron chi connectivity index (χ3n) is 3.79. The number of benzene rings is 2. The van der Waals surface area contributed by atoms with Crippen LogP contribution in [-0.2, 0) is 6.42 Å². The van der Waals surface area contributed by atoms with Gasteiger partial charge in [-0.25, -0.2) is 4.98 Å². The normalized spacial score (nSPS) is 10.3. The van der Waals surface area contributed by atoms with E-state index in [-0.39, 0.29) is 0 Å². The lowest BCUT2D eigenvalue weighted by Crippen LogP contribution is -2.07. The molecule has 0 aliphatic heterocycles. The molecule has 1 aromatic heterocycles. The molecular weight excluding hydrogens is 312 g/mol. The molecule has 25 heavy (non-hydrogen) atoms. The Kier molecular flexibility index (Phi) is 5.82. The number of hydrogen-bond acceptors (Lipinski definition) is 5. The standard InChI is InChI=1S/C20H22N4O/c1-25-18-11-9-17(10-12-18)23-19-13-15-22-20(24-19)21-14-5-8-16-6-3-2-4-7-16/h2-4,6-7,9-13,15H,5,8,14H2,1H3,(H2,21,22,23,24). The van der Waals surface area contributed by atoms with E-state index in [2.05, 4.69) is 44.9 Å². The highest BCUT2D eigenvalue weighted by Gasteiger charge is 2.01. The Morgan fingerprint density at radius 2 is 1.76 bits per heavy atom. The van der Waals surface area contributed by atoms with Crippen LogP contribution in [0.3, 0.4) is 0 Å². The van der Waals surface area contributed by atoms with Crippen LogP contribution >= 0.6 is 0 Å². The molecular formula is C20H22N4O. The lowest BCUT2D eigenvalue weighted by atomic mass is 10.1. The molecule has 0 saturated heterocycles. The van der Waals surface area contributed by atoms with Gasteiger partial charge in [-0.1, -0.05) is 30.3 Å². The van der Waals surface area contributed by atoms with E-state index in [1.165, 1.54) is 5.56 Å². The summed E-state index contributed by atoms with van der Waals surface area (Å²) in [6.07, 6.45) is 3.82. The fourth-order valence-corrected chi connectivity index (χ4v) is 2.47. The van der Waals surface area contributed by atoms with Gasteiger partial charge in [0.05, 0.1) is 7.11 Å². The first-order valence-corrected chi connectivity index (χ1v) is 8.35. The van der Waals surface area contributed by atoms with Crippen LogP contribution < -0.4 is 15.4 Å². The van der Waals surface area contributed by atoms with Crippen molar-refractivity contribution in [1.82, 2.24) is 9.97 Å². The minimum absolute atomic E-state index is 0.631. The number of ether oxygens (including phenoxy) is 1. The van der Waals surface area contributed by atoms with Gasteiger partial charge in [-0.3, -0.25) is 0 Å². The lowest BCUT2D eigenvalue weighted by Gasteiger charge is -2.09. The van der Waals surface area contributed by atoms with E-state index in [0.29, 0.717) is 5.95 Å². The molecule has 128 valence electrons. The number of nitrogens with zero attached hydrogens (tertiary/aromatic N) is 2. The minimum atomic E-state index is 0.631. The number of aryl methyl sites for hydroxylation is 1. The third kappa shape index (κ3) is 5.21. The highest BCUT2D eigenvalue weighted by molar-refractivity contribution is 5.57. The topological polar surface area (TPSA) is 59.1 Å². The van der Waals surface area contributed by atoms with Gasteiger partial charge in [0.2, 0.25) is 5.95 Å². The predicted molar refractivity (Wildman–Crippen MR) is 102 cm³/mol. The van der Waals surface area contributed by atoms with Crippen LogP contribution in [0.15, 0.2) is 66.9 Å². The number of nitrogens with one attached hydrogen (secondary N) is 2. The zero-order valence-corrected chi connectivity index (χ0v) is 14.3. The van der Waals surface area contributed by atoms with Gasteiger partial charge in [0, 0.05) is 18.4 Å². The highest BCUT2D eigenvalue weighted by Crippen LogP contribution is 2.19. The van der Waals surface area contributed by atoms with Crippen LogP contribution in [0.5, 0.6) is 5.75 Å². The third-order valence-corrected chi connectivity index (χ3v) is 3.79. The molecule has 3 rings (SSSR count). The second-order valence-corrected chi connectivity index (χ2v) is 5.63. The summed E-state index contributed by atoms with van der Waals surface area (Å²) in [4.78, 5) is 8.76. The van der Waals surface area contributed by atoms with Gasteiger partial charge in [-0.05, 0) is 48.7 Å². The fourth-order valence-electron chi connectivity index (χ4n) is 2.47. The Labute approximate surface area is 148 Å². The molecule has 2 aromatic carbocycles. The monoisotopic (exact) mass is 334 g/mol. The summed E-state index contributed by atoms with van der Waals surface area (Å²) in [5, 5.41) is 6.54. The quantitative estimate of drug-likeness (QED) is 0.602. The van der Waals surface area contributed by atoms with Crippen molar-refractivity contribution in [3.05, 3.63) is 72.4 Å². The van der Waals surface area contributed by atoms with Crippen molar-refractivity contribution in [3.8, 4) is 5.75 Å². The molecule has 0 spiro atoms. The summed E-state index contributed by atoms with van der Waals surface area (Å²) < 4.78 is 5.16. The molecule has 5 nitrogen and oxygen atoms in total. The molecule has 3 aromatic rings. The van der Waals surface area contributed by atoms with E-state index < -0.39 is 0 Å². The second-order valence-electron chi connectivity index (χ2n) is 5.63. The zero-order chi connectivity index (χ0) is 17.3. The van der Waals surface area contributed by atoms with Gasteiger partial charge >= 0.3 is 0 Å². The first-order valence-electron chi connectivity index (χ1n) is 8.35. The lowest BCUT2D eigenvalue weighted by molar-refractivity contribution is 0.415. The van der Waals surface area contributed by atoms with Gasteiger partial charge < -0.3 is 15.4 Å². The average molecular weight is 334 g/mol. The van der Waals surface area contributed by atoms with Crippen LogP contribution in [0.4, 0.5) is 17.5 Å². The summed E-state index contributed by atoms with van der Waals surface area (Å²) in [5.41, 5.74) is 2.30. The van der Waals surface area contributed by atoms with Crippen LogP contribution in [0.1, 0.15) is 12.0 Å². The number of methoxy groups -OCH3 is 1. The smallest absolute Gasteiger partial charge is 0.224 e. The summed E-state index contributed by atoms with van der Waals surface area (Å²) in [5.74, 6) is 2.21. The molecule has 0 aliphatic carbocycles. The predicted octanol–water partition coefficient (Wildman–Crippen LogP) is 4.27. The van der Waals surface area contributed by atoms with E-state index in [4.69, 9.17) is 4.74 Å². The SMILES string of the molecule is COc1ccc(Nc2ccnc(NCCCc3ccccc3)n2)cc1. The van der Waals surface area contributed by atoms with Gasteiger partial charge in [0.1, 0.15) is 11.6 Å². The molecule has 0 atom stereocenters. The second kappa shape index (κ2) is 8.68. The van der Waals surface area contributed by atoms with Crippen molar-refractivity contribution in [2.24, 2.45) is 0 Å². The Balaban J connectivity index is 1.50. The summed E-state index contributed by atoms with van der Waals surface area (Å²) in [7, 11) is 1.66. The van der Waals surface area contributed by atoms with E-state index >= 15 is 0 Å². The van der Waals surface area contributed by atoms with Crippen molar-refractivity contribution in [2.45, 2.75) is 12.8 Å². The van der Waals surface area contributed by atoms with Crippen LogP contribution in [-0.4, -0.2) is 23.6 Å². The van der Waals surface area contributed by atoms with Crippen molar-refractivity contribution in [2.75, 3.05) is 24.3 Å². The fraction of sp³-hybridized carbons (Fsp3) is 0.200. The van der Waals surface area contributed by atoms with Gasteiger partial charge in [0.15, 0.2) is 0 Å². The molecule has 1 heterocycles. The van der Waals surface area contributed by atoms with E-state index in [9.17, 15) is 0 Å². The maximum Gasteiger partial charge on any atom is 0.224 e. The first-order chi connectivity index (χ1) is 12.3.